The fourth-order valence-electron chi connectivity index (χ4n) is 1.36. The first-order valence-electron chi connectivity index (χ1n) is 5.59. The van der Waals surface area contributed by atoms with Crippen LogP contribution in [0.2, 0.25) is 0 Å². The zero-order valence-electron chi connectivity index (χ0n) is 10.7. The van der Waals surface area contributed by atoms with E-state index in [0.29, 0.717) is 12.2 Å². The van der Waals surface area contributed by atoms with Gasteiger partial charge in [-0.2, -0.15) is 0 Å². The number of carbonyl (C=O) groups excluding carboxylic acids is 1. The summed E-state index contributed by atoms with van der Waals surface area (Å²) in [6.07, 6.45) is -0.424. The maximum Gasteiger partial charge on any atom is 0.414 e. The molecule has 94 valence electrons. The molecule has 1 aromatic rings. The van der Waals surface area contributed by atoms with E-state index in [9.17, 15) is 9.18 Å². The van der Waals surface area contributed by atoms with Crippen LogP contribution in [0.1, 0.15) is 27.7 Å². The van der Waals surface area contributed by atoms with E-state index in [0.717, 1.165) is 0 Å². The van der Waals surface area contributed by atoms with Gasteiger partial charge >= 0.3 is 6.09 Å². The SMILES string of the molecule is CCN(C(=O)OC(C)(C)C)c1ccc(F)cc1. The van der Waals surface area contributed by atoms with E-state index in [2.05, 4.69) is 0 Å². The van der Waals surface area contributed by atoms with E-state index in [4.69, 9.17) is 4.74 Å². The molecule has 0 saturated carbocycles. The second kappa shape index (κ2) is 5.17. The molecule has 0 N–H and O–H groups in total. The van der Waals surface area contributed by atoms with Crippen molar-refractivity contribution in [2.24, 2.45) is 0 Å². The van der Waals surface area contributed by atoms with E-state index < -0.39 is 11.7 Å². The summed E-state index contributed by atoms with van der Waals surface area (Å²) in [7, 11) is 0. The number of rotatable bonds is 2. The van der Waals surface area contributed by atoms with Crippen molar-refractivity contribution < 1.29 is 13.9 Å². The van der Waals surface area contributed by atoms with Crippen LogP contribution in [0.3, 0.4) is 0 Å². The molecule has 0 spiro atoms. The molecule has 0 aliphatic heterocycles. The molecule has 0 unspecified atom stereocenters. The first-order valence-corrected chi connectivity index (χ1v) is 5.59. The molecular weight excluding hydrogens is 221 g/mol. The predicted octanol–water partition coefficient (Wildman–Crippen LogP) is 3.59. The lowest BCUT2D eigenvalue weighted by molar-refractivity contribution is 0.0582. The smallest absolute Gasteiger partial charge is 0.414 e. The average Bonchev–Trinajstić information content (AvgIpc) is 2.19. The first kappa shape index (κ1) is 13.5. The maximum atomic E-state index is 12.8. The van der Waals surface area contributed by atoms with E-state index in [1.54, 1.807) is 12.1 Å². The van der Waals surface area contributed by atoms with E-state index in [-0.39, 0.29) is 5.82 Å². The normalized spacial score (nSPS) is 11.1. The van der Waals surface area contributed by atoms with Crippen molar-refractivity contribution in [1.82, 2.24) is 0 Å². The van der Waals surface area contributed by atoms with Gasteiger partial charge in [0.05, 0.1) is 0 Å². The third-order valence-corrected chi connectivity index (χ3v) is 2.07. The van der Waals surface area contributed by atoms with Gasteiger partial charge in [0.25, 0.3) is 0 Å². The molecule has 0 aliphatic rings. The second-order valence-electron chi connectivity index (χ2n) is 4.70. The number of anilines is 1. The number of halogens is 1. The fourth-order valence-corrected chi connectivity index (χ4v) is 1.36. The monoisotopic (exact) mass is 239 g/mol. The largest absolute Gasteiger partial charge is 0.443 e. The molecule has 17 heavy (non-hydrogen) atoms. The molecule has 1 aromatic carbocycles. The second-order valence-corrected chi connectivity index (χ2v) is 4.70. The molecule has 0 bridgehead atoms. The minimum Gasteiger partial charge on any atom is -0.443 e. The van der Waals surface area contributed by atoms with Gasteiger partial charge in [-0.25, -0.2) is 9.18 Å². The predicted molar refractivity (Wildman–Crippen MR) is 65.7 cm³/mol. The fraction of sp³-hybridized carbons (Fsp3) is 0.462. The summed E-state index contributed by atoms with van der Waals surface area (Å²) >= 11 is 0. The van der Waals surface area contributed by atoms with Crippen LogP contribution in [-0.4, -0.2) is 18.2 Å². The summed E-state index contributed by atoms with van der Waals surface area (Å²) in [6, 6.07) is 5.76. The van der Waals surface area contributed by atoms with Crippen LogP contribution in [0.4, 0.5) is 14.9 Å². The van der Waals surface area contributed by atoms with E-state index in [1.807, 2.05) is 27.7 Å². The van der Waals surface area contributed by atoms with Gasteiger partial charge in [0, 0.05) is 12.2 Å². The molecule has 0 fully saturated rings. The number of nitrogens with zero attached hydrogens (tertiary/aromatic N) is 1. The highest BCUT2D eigenvalue weighted by Gasteiger charge is 2.22. The molecule has 0 aliphatic carbocycles. The number of carbonyl (C=O) groups is 1. The van der Waals surface area contributed by atoms with Gasteiger partial charge in [0.15, 0.2) is 0 Å². The van der Waals surface area contributed by atoms with Gasteiger partial charge in [0.1, 0.15) is 11.4 Å². The Hall–Kier alpha value is -1.58. The molecule has 1 rings (SSSR count). The van der Waals surface area contributed by atoms with Gasteiger partial charge in [0.2, 0.25) is 0 Å². The summed E-state index contributed by atoms with van der Waals surface area (Å²) < 4.78 is 18.1. The lowest BCUT2D eigenvalue weighted by atomic mass is 10.2. The Morgan fingerprint density at radius 1 is 1.29 bits per heavy atom. The summed E-state index contributed by atoms with van der Waals surface area (Å²) in [5.74, 6) is -0.325. The minimum atomic E-state index is -0.537. The Balaban J connectivity index is 2.84. The van der Waals surface area contributed by atoms with Crippen molar-refractivity contribution in [1.29, 1.82) is 0 Å². The van der Waals surface area contributed by atoms with E-state index >= 15 is 0 Å². The zero-order valence-corrected chi connectivity index (χ0v) is 10.7. The van der Waals surface area contributed by atoms with Crippen molar-refractivity contribution >= 4 is 11.8 Å². The van der Waals surface area contributed by atoms with Crippen LogP contribution in [0.5, 0.6) is 0 Å². The highest BCUT2D eigenvalue weighted by molar-refractivity contribution is 5.87. The maximum absolute atomic E-state index is 12.8. The summed E-state index contributed by atoms with van der Waals surface area (Å²) in [6.45, 7) is 7.74. The third kappa shape index (κ3) is 4.06. The molecular formula is C13H18FNO2. The topological polar surface area (TPSA) is 29.5 Å². The quantitative estimate of drug-likeness (QED) is 0.789. The molecule has 0 saturated heterocycles. The van der Waals surface area contributed by atoms with Crippen LogP contribution >= 0.6 is 0 Å². The summed E-state index contributed by atoms with van der Waals surface area (Å²) in [5.41, 5.74) is 0.0907. The highest BCUT2D eigenvalue weighted by atomic mass is 19.1. The van der Waals surface area contributed by atoms with Crippen molar-refractivity contribution in [3.05, 3.63) is 30.1 Å². The van der Waals surface area contributed by atoms with Crippen molar-refractivity contribution in [2.45, 2.75) is 33.3 Å². The Morgan fingerprint density at radius 3 is 2.24 bits per heavy atom. The Morgan fingerprint density at radius 2 is 1.82 bits per heavy atom. The van der Waals surface area contributed by atoms with Crippen molar-refractivity contribution in [3.63, 3.8) is 0 Å². The Bertz CT molecular complexity index is 381. The van der Waals surface area contributed by atoms with E-state index in [1.165, 1.54) is 17.0 Å². The number of amides is 1. The summed E-state index contributed by atoms with van der Waals surface area (Å²) in [5, 5.41) is 0. The molecule has 0 aromatic heterocycles. The van der Waals surface area contributed by atoms with Crippen LogP contribution < -0.4 is 4.90 Å². The number of benzene rings is 1. The molecule has 0 atom stereocenters. The minimum absolute atomic E-state index is 0.325. The van der Waals surface area contributed by atoms with Gasteiger partial charge in [-0.15, -0.1) is 0 Å². The zero-order chi connectivity index (χ0) is 13.1. The standard InChI is InChI=1S/C13H18FNO2/c1-5-15(12(16)17-13(2,3)4)11-8-6-10(14)7-9-11/h6-9H,5H2,1-4H3. The van der Waals surface area contributed by atoms with Gasteiger partial charge < -0.3 is 4.74 Å². The van der Waals surface area contributed by atoms with Crippen LogP contribution in [-0.2, 0) is 4.74 Å². The number of hydrogen-bond acceptors (Lipinski definition) is 2. The lowest BCUT2D eigenvalue weighted by Gasteiger charge is -2.26. The van der Waals surface area contributed by atoms with Gasteiger partial charge in [-0.05, 0) is 52.0 Å². The molecule has 0 heterocycles. The molecule has 1 amide bonds. The third-order valence-electron chi connectivity index (χ3n) is 2.07. The van der Waals surface area contributed by atoms with Gasteiger partial charge in [-0.3, -0.25) is 4.90 Å². The van der Waals surface area contributed by atoms with Crippen LogP contribution in [0, 0.1) is 5.82 Å². The summed E-state index contributed by atoms with van der Waals surface area (Å²) in [4.78, 5) is 13.3. The number of hydrogen-bond donors (Lipinski definition) is 0. The Kier molecular flexibility index (Phi) is 4.10. The van der Waals surface area contributed by atoms with Crippen LogP contribution in [0.15, 0.2) is 24.3 Å². The number of ether oxygens (including phenoxy) is 1. The highest BCUT2D eigenvalue weighted by Crippen LogP contribution is 2.18. The molecule has 3 nitrogen and oxygen atoms in total. The van der Waals surface area contributed by atoms with Crippen molar-refractivity contribution in [3.8, 4) is 0 Å². The average molecular weight is 239 g/mol. The lowest BCUT2D eigenvalue weighted by Crippen LogP contribution is -2.36. The first-order chi connectivity index (χ1) is 7.83. The van der Waals surface area contributed by atoms with Crippen molar-refractivity contribution in [2.75, 3.05) is 11.4 Å². The van der Waals surface area contributed by atoms with Crippen LogP contribution in [0.25, 0.3) is 0 Å². The molecule has 0 radical (unpaired) electrons. The Labute approximate surface area is 101 Å². The molecule has 4 heteroatoms. The van der Waals surface area contributed by atoms with Gasteiger partial charge in [-0.1, -0.05) is 0 Å².